The number of nitrogens with one attached hydrogen (secondary N) is 1. The van der Waals surface area contributed by atoms with Crippen LogP contribution in [0.1, 0.15) is 69.8 Å². The number of aliphatic hydroxyl groups is 1. The fourth-order valence-corrected chi connectivity index (χ4v) is 4.90. The fourth-order valence-electron chi connectivity index (χ4n) is 4.68. The molecule has 1 saturated heterocycles. The quantitative estimate of drug-likeness (QED) is 0.413. The molecule has 0 saturated carbocycles. The smallest absolute Gasteiger partial charge is 0.414 e. The Labute approximate surface area is 239 Å². The van der Waals surface area contributed by atoms with Gasteiger partial charge in [-0.3, -0.25) is 14.6 Å². The second kappa shape index (κ2) is 13.9. The molecule has 0 aliphatic carbocycles. The van der Waals surface area contributed by atoms with E-state index in [0.717, 1.165) is 39.5 Å². The summed E-state index contributed by atoms with van der Waals surface area (Å²) in [5.74, 6) is -1.66. The van der Waals surface area contributed by atoms with E-state index in [9.17, 15) is 18.8 Å². The number of hydrogen-bond donors (Lipinski definition) is 3. The number of carboxylic acids is 1. The highest BCUT2D eigenvalue weighted by molar-refractivity contribution is 6.33. The first kappa shape index (κ1) is 33.0. The number of likely N-dealkylation sites (tertiary alicyclic amines) is 1. The Bertz CT molecular complexity index is 1210. The van der Waals surface area contributed by atoms with Gasteiger partial charge >= 0.3 is 12.1 Å². The molecule has 0 bridgehead atoms. The summed E-state index contributed by atoms with van der Waals surface area (Å²) in [7, 11) is 1.00. The van der Waals surface area contributed by atoms with Crippen LogP contribution in [0.2, 0.25) is 5.02 Å². The minimum atomic E-state index is -0.995. The summed E-state index contributed by atoms with van der Waals surface area (Å²) in [5.41, 5.74) is -0.0689. The highest BCUT2D eigenvalue weighted by atomic mass is 35.5. The number of fused-ring (bicyclic) bond motifs is 1. The summed E-state index contributed by atoms with van der Waals surface area (Å²) in [5, 5.41) is 18.7. The number of carboxylic acid groups (broad SMARTS) is 1. The Morgan fingerprint density at radius 2 is 1.75 bits per heavy atom. The number of amides is 2. The van der Waals surface area contributed by atoms with Crippen molar-refractivity contribution >= 4 is 40.9 Å². The largest absolute Gasteiger partial charge is 0.478 e. The molecule has 220 valence electrons. The predicted octanol–water partition coefficient (Wildman–Crippen LogP) is 5.89. The van der Waals surface area contributed by atoms with Crippen LogP contribution < -0.4 is 10.2 Å². The van der Waals surface area contributed by atoms with Gasteiger partial charge in [0.2, 0.25) is 5.91 Å². The normalized spacial score (nSPS) is 18.3. The molecule has 1 atom stereocenters. The van der Waals surface area contributed by atoms with Crippen LogP contribution in [0.15, 0.2) is 36.4 Å². The van der Waals surface area contributed by atoms with E-state index in [4.69, 9.17) is 26.6 Å². The van der Waals surface area contributed by atoms with Gasteiger partial charge in [0.25, 0.3) is 0 Å². The highest BCUT2D eigenvalue weighted by Crippen LogP contribution is 2.46. The second-order valence-electron chi connectivity index (χ2n) is 10.4. The average Bonchev–Trinajstić information content (AvgIpc) is 3.16. The van der Waals surface area contributed by atoms with Crippen LogP contribution in [-0.2, 0) is 15.1 Å². The Balaban J connectivity index is 0.000000391. The molecule has 0 radical (unpaired) electrons. The number of aromatic carboxylic acids is 1. The monoisotopic (exact) mass is 579 g/mol. The third-order valence-corrected chi connectivity index (χ3v) is 6.93. The van der Waals surface area contributed by atoms with E-state index >= 15 is 0 Å². The van der Waals surface area contributed by atoms with Crippen molar-refractivity contribution in [3.63, 3.8) is 0 Å². The number of anilines is 2. The van der Waals surface area contributed by atoms with Gasteiger partial charge in [0.15, 0.2) is 0 Å². The number of ether oxygens (including phenoxy) is 1. The van der Waals surface area contributed by atoms with E-state index in [1.807, 2.05) is 6.92 Å². The number of piperidine rings is 1. The lowest BCUT2D eigenvalue weighted by molar-refractivity contribution is -0.127. The van der Waals surface area contributed by atoms with Gasteiger partial charge in [0.1, 0.15) is 17.0 Å². The van der Waals surface area contributed by atoms with Crippen LogP contribution >= 0.6 is 11.6 Å². The van der Waals surface area contributed by atoms with E-state index in [1.54, 1.807) is 45.9 Å². The molecular formula is C29H39ClFN3O6. The molecule has 11 heteroatoms. The van der Waals surface area contributed by atoms with Gasteiger partial charge in [-0.1, -0.05) is 30.2 Å². The van der Waals surface area contributed by atoms with Gasteiger partial charge in [0.05, 0.1) is 22.0 Å². The number of benzene rings is 2. The molecule has 3 N–H and O–H groups in total. The molecule has 2 aliphatic rings. The topological polar surface area (TPSA) is 119 Å². The van der Waals surface area contributed by atoms with Crippen molar-refractivity contribution in [2.45, 2.75) is 65.0 Å². The zero-order chi connectivity index (χ0) is 30.3. The van der Waals surface area contributed by atoms with Gasteiger partial charge in [-0.25, -0.2) is 14.0 Å². The molecule has 2 aromatic carbocycles. The third kappa shape index (κ3) is 7.50. The summed E-state index contributed by atoms with van der Waals surface area (Å²) in [6.07, 6.45) is 2.60. The Morgan fingerprint density at radius 1 is 1.15 bits per heavy atom. The maximum absolute atomic E-state index is 14.6. The third-order valence-electron chi connectivity index (χ3n) is 6.60. The standard InChI is InChI=1S/C21H30FN3O3.C7H5ClO2.CH4O/c1-6-25(19(27)28-20(2,3)4)16-13-14(22)12-15-17(16)23-18(26)21(15,5)24-10-8-7-9-11-24;8-6-4-2-1-3-5(6)7(9)10;1-2/h12-13H,6-11H2,1-5H3,(H,23,26);1-4H,(H,9,10);2H,1H3. The number of hydrogen-bond acceptors (Lipinski definition) is 6. The number of nitrogens with zero attached hydrogens (tertiary/aromatic N) is 2. The van der Waals surface area contributed by atoms with Crippen LogP contribution in [0.4, 0.5) is 20.6 Å². The fraction of sp³-hybridized carbons (Fsp3) is 0.483. The Hall–Kier alpha value is -3.21. The maximum Gasteiger partial charge on any atom is 0.414 e. The molecule has 0 spiro atoms. The lowest BCUT2D eigenvalue weighted by atomic mass is 9.89. The maximum atomic E-state index is 14.6. The van der Waals surface area contributed by atoms with Crippen molar-refractivity contribution in [1.82, 2.24) is 4.90 Å². The van der Waals surface area contributed by atoms with Crippen molar-refractivity contribution in [3.8, 4) is 0 Å². The molecule has 2 aromatic rings. The average molecular weight is 580 g/mol. The first-order valence-electron chi connectivity index (χ1n) is 13.1. The van der Waals surface area contributed by atoms with E-state index in [-0.39, 0.29) is 16.5 Å². The summed E-state index contributed by atoms with van der Waals surface area (Å²) in [6.45, 7) is 10.9. The number of carbonyl (C=O) groups is 3. The van der Waals surface area contributed by atoms with Crippen LogP contribution in [0.5, 0.6) is 0 Å². The molecule has 2 heterocycles. The summed E-state index contributed by atoms with van der Waals surface area (Å²) >= 11 is 5.54. The van der Waals surface area contributed by atoms with Crippen LogP contribution in [0, 0.1) is 5.82 Å². The van der Waals surface area contributed by atoms with Crippen molar-refractivity contribution in [1.29, 1.82) is 0 Å². The molecule has 4 rings (SSSR count). The summed E-state index contributed by atoms with van der Waals surface area (Å²) < 4.78 is 20.1. The van der Waals surface area contributed by atoms with Crippen LogP contribution in [-0.4, -0.2) is 65.4 Å². The minimum absolute atomic E-state index is 0.143. The molecule has 9 nitrogen and oxygen atoms in total. The molecule has 40 heavy (non-hydrogen) atoms. The number of rotatable bonds is 4. The lowest BCUT2D eigenvalue weighted by Gasteiger charge is -2.39. The van der Waals surface area contributed by atoms with E-state index in [2.05, 4.69) is 10.2 Å². The minimum Gasteiger partial charge on any atom is -0.478 e. The van der Waals surface area contributed by atoms with Crippen molar-refractivity contribution < 1.29 is 33.7 Å². The second-order valence-corrected chi connectivity index (χ2v) is 10.8. The summed E-state index contributed by atoms with van der Waals surface area (Å²) in [6, 6.07) is 9.03. The molecule has 1 unspecified atom stereocenters. The zero-order valence-corrected chi connectivity index (χ0v) is 24.6. The molecule has 0 aromatic heterocycles. The first-order valence-corrected chi connectivity index (χ1v) is 13.5. The Morgan fingerprint density at radius 3 is 2.25 bits per heavy atom. The molecule has 1 fully saturated rings. The SMILES string of the molecule is CCN(C(=O)OC(C)(C)C)c1cc(F)cc2c1NC(=O)C2(C)N1CCCCC1.CO.O=C(O)c1ccccc1Cl. The van der Waals surface area contributed by atoms with E-state index in [1.165, 1.54) is 23.1 Å². The van der Waals surface area contributed by atoms with Crippen molar-refractivity contribution in [2.75, 3.05) is 37.0 Å². The predicted molar refractivity (Wildman–Crippen MR) is 154 cm³/mol. The lowest BCUT2D eigenvalue weighted by Crippen LogP contribution is -2.50. The molecular weight excluding hydrogens is 541 g/mol. The Kier molecular flexibility index (Phi) is 11.5. The molecule has 2 amide bonds. The van der Waals surface area contributed by atoms with Gasteiger partial charge in [-0.2, -0.15) is 0 Å². The van der Waals surface area contributed by atoms with Crippen LogP contribution in [0.3, 0.4) is 0 Å². The summed E-state index contributed by atoms with van der Waals surface area (Å²) in [4.78, 5) is 39.5. The van der Waals surface area contributed by atoms with Crippen LogP contribution in [0.25, 0.3) is 0 Å². The molecule has 2 aliphatic heterocycles. The number of aliphatic hydroxyl groups excluding tert-OH is 1. The first-order chi connectivity index (χ1) is 18.8. The zero-order valence-electron chi connectivity index (χ0n) is 23.9. The van der Waals surface area contributed by atoms with Gasteiger partial charge in [0, 0.05) is 19.2 Å². The van der Waals surface area contributed by atoms with Gasteiger partial charge < -0.3 is 20.3 Å². The van der Waals surface area contributed by atoms with E-state index < -0.39 is 29.0 Å². The van der Waals surface area contributed by atoms with E-state index in [0.29, 0.717) is 23.5 Å². The van der Waals surface area contributed by atoms with Gasteiger partial charge in [-0.05, 0) is 84.8 Å². The number of halogens is 2. The van der Waals surface area contributed by atoms with Crippen molar-refractivity contribution in [2.24, 2.45) is 0 Å². The highest BCUT2D eigenvalue weighted by Gasteiger charge is 2.49. The number of carbonyl (C=O) groups excluding carboxylic acids is 2. The van der Waals surface area contributed by atoms with Crippen molar-refractivity contribution in [3.05, 3.63) is 58.4 Å². The van der Waals surface area contributed by atoms with Gasteiger partial charge in [-0.15, -0.1) is 0 Å².